The van der Waals surface area contributed by atoms with Crippen LogP contribution >= 0.6 is 0 Å². The van der Waals surface area contributed by atoms with Crippen molar-refractivity contribution in [1.29, 1.82) is 5.26 Å². The van der Waals surface area contributed by atoms with Crippen LogP contribution in [0.25, 0.3) is 0 Å². The molecule has 0 N–H and O–H groups in total. The first-order valence-corrected chi connectivity index (χ1v) is 8.13. The quantitative estimate of drug-likeness (QED) is 0.711. The molecule has 0 saturated heterocycles. The molecule has 1 nitrogen and oxygen atoms in total. The van der Waals surface area contributed by atoms with Crippen molar-refractivity contribution >= 4 is 0 Å². The molecule has 5 fully saturated rings. The fourth-order valence-electron chi connectivity index (χ4n) is 6.19. The van der Waals surface area contributed by atoms with Gasteiger partial charge in [-0.3, -0.25) is 0 Å². The first-order chi connectivity index (χ1) is 8.76. The molecule has 0 aliphatic heterocycles. The van der Waals surface area contributed by atoms with E-state index in [1.54, 1.807) is 19.3 Å². The Kier molecular flexibility index (Phi) is 2.51. The lowest BCUT2D eigenvalue weighted by Gasteiger charge is -2.57. The molecule has 5 aliphatic rings. The summed E-state index contributed by atoms with van der Waals surface area (Å²) in [7, 11) is 0. The van der Waals surface area contributed by atoms with E-state index in [9.17, 15) is 0 Å². The summed E-state index contributed by atoms with van der Waals surface area (Å²) in [5.41, 5.74) is 0.693. The molecule has 1 heteroatoms. The summed E-state index contributed by atoms with van der Waals surface area (Å²) in [5, 5.41) is 9.08. The van der Waals surface area contributed by atoms with Gasteiger partial charge >= 0.3 is 0 Å². The van der Waals surface area contributed by atoms with Crippen LogP contribution in [-0.4, -0.2) is 0 Å². The highest BCUT2D eigenvalue weighted by Gasteiger charge is 2.52. The van der Waals surface area contributed by atoms with E-state index < -0.39 is 0 Å². The maximum atomic E-state index is 9.08. The van der Waals surface area contributed by atoms with Gasteiger partial charge in [-0.15, -0.1) is 0 Å². The summed E-state index contributed by atoms with van der Waals surface area (Å²) in [4.78, 5) is 0. The van der Waals surface area contributed by atoms with Gasteiger partial charge in [0.15, 0.2) is 0 Å². The average molecular weight is 243 g/mol. The first kappa shape index (κ1) is 11.3. The molecule has 0 aromatic heterocycles. The van der Waals surface area contributed by atoms with E-state index in [0.717, 1.165) is 36.0 Å². The standard InChI is InChI=1S/C17H25N/c18-4-3-16(15-1-2-15)11-17-8-12-5-13(9-17)7-14(6-12)10-17/h12-16H,1-3,5-11H2. The van der Waals surface area contributed by atoms with Gasteiger partial charge in [0.1, 0.15) is 0 Å². The van der Waals surface area contributed by atoms with E-state index in [1.807, 2.05) is 0 Å². The number of nitriles is 1. The second kappa shape index (κ2) is 3.99. The van der Waals surface area contributed by atoms with Crippen LogP contribution in [0.5, 0.6) is 0 Å². The summed E-state index contributed by atoms with van der Waals surface area (Å²) in [6, 6.07) is 2.47. The predicted octanol–water partition coefficient (Wildman–Crippen LogP) is 4.53. The lowest BCUT2D eigenvalue weighted by Crippen LogP contribution is -2.46. The molecule has 0 heterocycles. The molecule has 0 aromatic carbocycles. The van der Waals surface area contributed by atoms with Crippen LogP contribution in [0.4, 0.5) is 0 Å². The highest BCUT2D eigenvalue weighted by atomic mass is 14.6. The molecular weight excluding hydrogens is 218 g/mol. The molecule has 1 unspecified atom stereocenters. The normalized spacial score (nSPS) is 46.9. The number of rotatable bonds is 4. The molecule has 0 spiro atoms. The molecule has 5 rings (SSSR count). The smallest absolute Gasteiger partial charge is 0.0624 e. The van der Waals surface area contributed by atoms with E-state index in [1.165, 1.54) is 38.5 Å². The molecule has 5 saturated carbocycles. The largest absolute Gasteiger partial charge is 0.198 e. The number of hydrogen-bond acceptors (Lipinski definition) is 1. The van der Waals surface area contributed by atoms with Crippen LogP contribution in [-0.2, 0) is 0 Å². The van der Waals surface area contributed by atoms with E-state index >= 15 is 0 Å². The Balaban J connectivity index is 1.51. The van der Waals surface area contributed by atoms with Gasteiger partial charge in [0, 0.05) is 6.42 Å². The van der Waals surface area contributed by atoms with Crippen molar-refractivity contribution < 1.29 is 0 Å². The Morgan fingerprint density at radius 2 is 1.56 bits per heavy atom. The van der Waals surface area contributed by atoms with Gasteiger partial charge in [-0.05, 0) is 92.8 Å². The maximum Gasteiger partial charge on any atom is 0.0624 e. The Morgan fingerprint density at radius 3 is 2.00 bits per heavy atom. The Bertz CT molecular complexity index is 338. The Morgan fingerprint density at radius 1 is 1.00 bits per heavy atom. The minimum Gasteiger partial charge on any atom is -0.198 e. The zero-order valence-electron chi connectivity index (χ0n) is 11.4. The first-order valence-electron chi connectivity index (χ1n) is 8.13. The SMILES string of the molecule is N#CCC(CC12CC3CC(CC(C3)C1)C2)C1CC1. The topological polar surface area (TPSA) is 23.8 Å². The van der Waals surface area contributed by atoms with Gasteiger partial charge in [-0.2, -0.15) is 5.26 Å². The van der Waals surface area contributed by atoms with Crippen LogP contribution in [0.15, 0.2) is 0 Å². The third-order valence-electron chi connectivity index (χ3n) is 6.50. The molecular formula is C17H25N. The van der Waals surface area contributed by atoms with Crippen LogP contribution in [0.2, 0.25) is 0 Å². The fourth-order valence-corrected chi connectivity index (χ4v) is 6.19. The molecule has 0 amide bonds. The van der Waals surface area contributed by atoms with Gasteiger partial charge in [0.2, 0.25) is 0 Å². The fraction of sp³-hybridized carbons (Fsp3) is 0.941. The molecule has 0 aromatic rings. The van der Waals surface area contributed by atoms with E-state index in [2.05, 4.69) is 6.07 Å². The van der Waals surface area contributed by atoms with Crippen molar-refractivity contribution in [2.75, 3.05) is 0 Å². The van der Waals surface area contributed by atoms with Crippen molar-refractivity contribution in [1.82, 2.24) is 0 Å². The van der Waals surface area contributed by atoms with Crippen molar-refractivity contribution in [3.8, 4) is 6.07 Å². The van der Waals surface area contributed by atoms with Crippen molar-refractivity contribution in [2.24, 2.45) is 35.0 Å². The Labute approximate surface area is 111 Å². The van der Waals surface area contributed by atoms with E-state index in [0.29, 0.717) is 5.41 Å². The van der Waals surface area contributed by atoms with Crippen molar-refractivity contribution in [3.63, 3.8) is 0 Å². The van der Waals surface area contributed by atoms with E-state index in [4.69, 9.17) is 5.26 Å². The molecule has 98 valence electrons. The lowest BCUT2D eigenvalue weighted by molar-refractivity contribution is -0.0665. The maximum absolute atomic E-state index is 9.08. The molecule has 5 aliphatic carbocycles. The van der Waals surface area contributed by atoms with Crippen LogP contribution < -0.4 is 0 Å². The third-order valence-corrected chi connectivity index (χ3v) is 6.50. The summed E-state index contributed by atoms with van der Waals surface area (Å²) in [6.07, 6.45) is 14.3. The lowest BCUT2D eigenvalue weighted by atomic mass is 9.48. The molecule has 18 heavy (non-hydrogen) atoms. The van der Waals surface area contributed by atoms with E-state index in [-0.39, 0.29) is 0 Å². The van der Waals surface area contributed by atoms with Crippen LogP contribution in [0.3, 0.4) is 0 Å². The predicted molar refractivity (Wildman–Crippen MR) is 71.7 cm³/mol. The van der Waals surface area contributed by atoms with Gasteiger partial charge in [0.25, 0.3) is 0 Å². The summed E-state index contributed by atoms with van der Waals surface area (Å²) in [5.74, 6) is 4.89. The minimum absolute atomic E-state index is 0.693. The van der Waals surface area contributed by atoms with Gasteiger partial charge in [0.05, 0.1) is 6.07 Å². The second-order valence-corrected chi connectivity index (χ2v) is 8.08. The zero-order chi connectivity index (χ0) is 12.2. The highest BCUT2D eigenvalue weighted by molar-refractivity contribution is 5.03. The van der Waals surface area contributed by atoms with Gasteiger partial charge < -0.3 is 0 Å². The highest BCUT2D eigenvalue weighted by Crippen LogP contribution is 2.63. The second-order valence-electron chi connectivity index (χ2n) is 8.08. The van der Waals surface area contributed by atoms with Gasteiger partial charge in [-0.1, -0.05) is 0 Å². The number of nitrogens with zero attached hydrogens (tertiary/aromatic N) is 1. The van der Waals surface area contributed by atoms with Crippen LogP contribution in [0, 0.1) is 46.3 Å². The summed E-state index contributed by atoms with van der Waals surface area (Å²) < 4.78 is 0. The Hall–Kier alpha value is -0.510. The van der Waals surface area contributed by atoms with Crippen LogP contribution in [0.1, 0.15) is 64.2 Å². The van der Waals surface area contributed by atoms with Crippen molar-refractivity contribution in [2.45, 2.75) is 64.2 Å². The van der Waals surface area contributed by atoms with Crippen molar-refractivity contribution in [3.05, 3.63) is 0 Å². The van der Waals surface area contributed by atoms with Gasteiger partial charge in [-0.25, -0.2) is 0 Å². The monoisotopic (exact) mass is 243 g/mol. The average Bonchev–Trinajstić information content (AvgIpc) is 3.09. The summed E-state index contributed by atoms with van der Waals surface area (Å²) >= 11 is 0. The molecule has 4 bridgehead atoms. The summed E-state index contributed by atoms with van der Waals surface area (Å²) in [6.45, 7) is 0. The molecule has 0 radical (unpaired) electrons. The number of hydrogen-bond donors (Lipinski definition) is 0. The third kappa shape index (κ3) is 1.89. The molecule has 1 atom stereocenters. The zero-order valence-corrected chi connectivity index (χ0v) is 11.4. The minimum atomic E-state index is 0.693.